The summed E-state index contributed by atoms with van der Waals surface area (Å²) < 4.78 is 0. The van der Waals surface area contributed by atoms with Crippen molar-refractivity contribution in [1.29, 1.82) is 0 Å². The van der Waals surface area contributed by atoms with E-state index in [0.717, 1.165) is 45.6 Å². The van der Waals surface area contributed by atoms with Crippen molar-refractivity contribution < 1.29 is 4.79 Å². The minimum absolute atomic E-state index is 0.137. The molecule has 1 aliphatic heterocycles. The average Bonchev–Trinajstić information content (AvgIpc) is 2.43. The lowest BCUT2D eigenvalue weighted by molar-refractivity contribution is -0.138. The van der Waals surface area contributed by atoms with Gasteiger partial charge in [-0.3, -0.25) is 9.69 Å². The van der Waals surface area contributed by atoms with E-state index in [0.29, 0.717) is 17.9 Å². The van der Waals surface area contributed by atoms with Crippen LogP contribution in [-0.2, 0) is 4.79 Å². The Bertz CT molecular complexity index is 273. The quantitative estimate of drug-likeness (QED) is 0.796. The third-order valence-electron chi connectivity index (χ3n) is 4.50. The van der Waals surface area contributed by atoms with Crippen LogP contribution >= 0.6 is 0 Å². The van der Waals surface area contributed by atoms with Gasteiger partial charge < -0.3 is 10.6 Å². The minimum atomic E-state index is 0.137. The summed E-state index contributed by atoms with van der Waals surface area (Å²) in [7, 11) is 0. The maximum Gasteiger partial charge on any atom is 0.225 e. The monoisotopic (exact) mass is 269 g/mol. The number of nitrogens with zero attached hydrogens (tertiary/aromatic N) is 2. The number of carbonyl (C=O) groups is 1. The molecule has 1 aliphatic rings. The molecule has 2 atom stereocenters. The fourth-order valence-corrected chi connectivity index (χ4v) is 2.72. The van der Waals surface area contributed by atoms with E-state index < -0.39 is 0 Å². The van der Waals surface area contributed by atoms with Crippen LogP contribution in [0.4, 0.5) is 0 Å². The van der Waals surface area contributed by atoms with Gasteiger partial charge in [-0.2, -0.15) is 0 Å². The highest BCUT2D eigenvalue weighted by Crippen LogP contribution is 2.17. The van der Waals surface area contributed by atoms with Crippen molar-refractivity contribution in [2.75, 3.05) is 32.7 Å². The molecule has 4 heteroatoms. The molecule has 112 valence electrons. The number of hydrogen-bond donors (Lipinski definition) is 1. The van der Waals surface area contributed by atoms with Crippen LogP contribution in [0.1, 0.15) is 40.5 Å². The largest absolute Gasteiger partial charge is 0.340 e. The zero-order valence-corrected chi connectivity index (χ0v) is 13.1. The molecule has 1 heterocycles. The molecule has 2 N–H and O–H groups in total. The van der Waals surface area contributed by atoms with Gasteiger partial charge in [-0.25, -0.2) is 0 Å². The van der Waals surface area contributed by atoms with Gasteiger partial charge in [0.1, 0.15) is 0 Å². The maximum absolute atomic E-state index is 12.3. The Morgan fingerprint density at radius 3 is 2.16 bits per heavy atom. The van der Waals surface area contributed by atoms with Gasteiger partial charge in [0.05, 0.1) is 0 Å². The average molecular weight is 269 g/mol. The number of carbonyl (C=O) groups excluding carboxylic acids is 1. The normalized spacial score (nSPS) is 20.6. The molecule has 1 fully saturated rings. The zero-order chi connectivity index (χ0) is 14.4. The molecular weight excluding hydrogens is 238 g/mol. The summed E-state index contributed by atoms with van der Waals surface area (Å²) in [5, 5.41) is 0. The fourth-order valence-electron chi connectivity index (χ4n) is 2.72. The Kier molecular flexibility index (Phi) is 6.80. The Morgan fingerprint density at radius 2 is 1.74 bits per heavy atom. The van der Waals surface area contributed by atoms with Gasteiger partial charge >= 0.3 is 0 Å². The van der Waals surface area contributed by atoms with Crippen molar-refractivity contribution in [2.24, 2.45) is 17.6 Å². The summed E-state index contributed by atoms with van der Waals surface area (Å²) >= 11 is 0. The van der Waals surface area contributed by atoms with Crippen molar-refractivity contribution in [3.05, 3.63) is 0 Å². The number of piperazine rings is 1. The molecule has 1 amide bonds. The molecule has 0 saturated carbocycles. The van der Waals surface area contributed by atoms with E-state index in [4.69, 9.17) is 5.73 Å². The van der Waals surface area contributed by atoms with Crippen LogP contribution in [0.15, 0.2) is 0 Å². The van der Waals surface area contributed by atoms with Crippen LogP contribution in [0.5, 0.6) is 0 Å². The van der Waals surface area contributed by atoms with Crippen LogP contribution in [0.3, 0.4) is 0 Å². The number of amides is 1. The van der Waals surface area contributed by atoms with Gasteiger partial charge in [0.15, 0.2) is 0 Å². The highest BCUT2D eigenvalue weighted by molar-refractivity contribution is 5.78. The van der Waals surface area contributed by atoms with Crippen molar-refractivity contribution in [3.8, 4) is 0 Å². The lowest BCUT2D eigenvalue weighted by atomic mass is 9.96. The molecule has 0 aromatic carbocycles. The molecule has 2 unspecified atom stereocenters. The molecule has 1 rings (SSSR count). The summed E-state index contributed by atoms with van der Waals surface area (Å²) in [6.45, 7) is 13.0. The van der Waals surface area contributed by atoms with Crippen molar-refractivity contribution in [1.82, 2.24) is 9.80 Å². The first-order valence-corrected chi connectivity index (χ1v) is 7.74. The summed E-state index contributed by atoms with van der Waals surface area (Å²) in [6.07, 6.45) is 2.21. The summed E-state index contributed by atoms with van der Waals surface area (Å²) in [6, 6.07) is 0.588. The second-order valence-corrected chi connectivity index (χ2v) is 6.03. The molecule has 0 aliphatic carbocycles. The standard InChI is InChI=1S/C15H31N3O/c1-5-14(6-7-16)17-8-10-18(11-9-17)15(19)13(4)12(2)3/h12-14H,5-11,16H2,1-4H3. The van der Waals surface area contributed by atoms with E-state index >= 15 is 0 Å². The molecule has 0 spiro atoms. The van der Waals surface area contributed by atoms with Crippen molar-refractivity contribution >= 4 is 5.91 Å². The molecular formula is C15H31N3O. The van der Waals surface area contributed by atoms with Gasteiger partial charge in [-0.15, -0.1) is 0 Å². The Hall–Kier alpha value is -0.610. The van der Waals surface area contributed by atoms with Crippen LogP contribution in [0.2, 0.25) is 0 Å². The third-order valence-corrected chi connectivity index (χ3v) is 4.50. The highest BCUT2D eigenvalue weighted by Gasteiger charge is 2.28. The smallest absolute Gasteiger partial charge is 0.225 e. The lowest BCUT2D eigenvalue weighted by Crippen LogP contribution is -2.53. The Morgan fingerprint density at radius 1 is 1.16 bits per heavy atom. The predicted molar refractivity (Wildman–Crippen MR) is 79.9 cm³/mol. The van der Waals surface area contributed by atoms with E-state index in [9.17, 15) is 4.79 Å². The molecule has 0 bridgehead atoms. The molecule has 0 radical (unpaired) electrons. The molecule has 4 nitrogen and oxygen atoms in total. The summed E-state index contributed by atoms with van der Waals surface area (Å²) in [5.74, 6) is 0.880. The second-order valence-electron chi connectivity index (χ2n) is 6.03. The van der Waals surface area contributed by atoms with Crippen LogP contribution in [0, 0.1) is 11.8 Å². The van der Waals surface area contributed by atoms with Gasteiger partial charge in [-0.05, 0) is 25.3 Å². The Labute approximate surface area is 118 Å². The molecule has 19 heavy (non-hydrogen) atoms. The van der Waals surface area contributed by atoms with E-state index in [2.05, 4.69) is 25.7 Å². The van der Waals surface area contributed by atoms with E-state index in [1.807, 2.05) is 11.8 Å². The first-order chi connectivity index (χ1) is 9.01. The molecule has 0 aromatic heterocycles. The van der Waals surface area contributed by atoms with Crippen LogP contribution in [-0.4, -0.2) is 54.5 Å². The lowest BCUT2D eigenvalue weighted by Gasteiger charge is -2.40. The number of hydrogen-bond acceptors (Lipinski definition) is 3. The topological polar surface area (TPSA) is 49.6 Å². The number of rotatable bonds is 6. The fraction of sp³-hybridized carbons (Fsp3) is 0.933. The second kappa shape index (κ2) is 7.85. The SMILES string of the molecule is CCC(CCN)N1CCN(C(=O)C(C)C(C)C)CC1. The third kappa shape index (κ3) is 4.46. The summed E-state index contributed by atoms with van der Waals surface area (Å²) in [5.41, 5.74) is 5.67. The Balaban J connectivity index is 2.46. The first-order valence-electron chi connectivity index (χ1n) is 7.74. The van der Waals surface area contributed by atoms with Crippen LogP contribution in [0.25, 0.3) is 0 Å². The zero-order valence-electron chi connectivity index (χ0n) is 13.1. The molecule has 1 saturated heterocycles. The van der Waals surface area contributed by atoms with Gasteiger partial charge in [0.25, 0.3) is 0 Å². The maximum atomic E-state index is 12.3. The van der Waals surface area contributed by atoms with Gasteiger partial charge in [-0.1, -0.05) is 27.7 Å². The van der Waals surface area contributed by atoms with Crippen molar-refractivity contribution in [3.63, 3.8) is 0 Å². The summed E-state index contributed by atoms with van der Waals surface area (Å²) in [4.78, 5) is 16.8. The highest BCUT2D eigenvalue weighted by atomic mass is 16.2. The first kappa shape index (κ1) is 16.4. The molecule has 0 aromatic rings. The van der Waals surface area contributed by atoms with E-state index in [-0.39, 0.29) is 5.92 Å². The number of nitrogens with two attached hydrogens (primary N) is 1. The predicted octanol–water partition coefficient (Wildman–Crippen LogP) is 1.55. The van der Waals surface area contributed by atoms with Gasteiger partial charge in [0.2, 0.25) is 5.91 Å². The van der Waals surface area contributed by atoms with E-state index in [1.165, 1.54) is 0 Å². The van der Waals surface area contributed by atoms with Crippen molar-refractivity contribution in [2.45, 2.75) is 46.6 Å². The van der Waals surface area contributed by atoms with Gasteiger partial charge in [0, 0.05) is 38.1 Å². The van der Waals surface area contributed by atoms with E-state index in [1.54, 1.807) is 0 Å². The van der Waals surface area contributed by atoms with Crippen LogP contribution < -0.4 is 5.73 Å². The minimum Gasteiger partial charge on any atom is -0.340 e.